The highest BCUT2D eigenvalue weighted by atomic mass is 35.5. The molecule has 1 heterocycles. The van der Waals surface area contributed by atoms with Crippen LogP contribution in [-0.4, -0.2) is 18.5 Å². The third-order valence-electron chi connectivity index (χ3n) is 4.41. The number of hydrogen-bond acceptors (Lipinski definition) is 3. The van der Waals surface area contributed by atoms with Crippen molar-refractivity contribution in [3.05, 3.63) is 59.7 Å². The second-order valence-corrected chi connectivity index (χ2v) is 6.29. The minimum Gasteiger partial charge on any atom is -0.486 e. The molecule has 1 fully saturated rings. The van der Waals surface area contributed by atoms with E-state index >= 15 is 0 Å². The number of amides is 1. The molecule has 25 heavy (non-hydrogen) atoms. The van der Waals surface area contributed by atoms with Crippen LogP contribution in [0, 0.1) is 6.92 Å². The van der Waals surface area contributed by atoms with Crippen molar-refractivity contribution < 1.29 is 9.53 Å². The zero-order chi connectivity index (χ0) is 16.9. The van der Waals surface area contributed by atoms with E-state index < -0.39 is 0 Å². The zero-order valence-electron chi connectivity index (χ0n) is 14.6. The molecule has 5 heteroatoms. The maximum atomic E-state index is 12.2. The number of ether oxygens (including phenoxy) is 1. The van der Waals surface area contributed by atoms with E-state index in [2.05, 4.69) is 22.8 Å². The summed E-state index contributed by atoms with van der Waals surface area (Å²) < 4.78 is 6.02. The summed E-state index contributed by atoms with van der Waals surface area (Å²) in [5.74, 6) is 0.850. The normalized spacial score (nSPS) is 17.4. The molecule has 2 atom stereocenters. The first-order valence-electron chi connectivity index (χ1n) is 8.50. The maximum absolute atomic E-state index is 12.2. The van der Waals surface area contributed by atoms with E-state index in [1.54, 1.807) is 0 Å². The van der Waals surface area contributed by atoms with Crippen LogP contribution in [0.2, 0.25) is 0 Å². The predicted molar refractivity (Wildman–Crippen MR) is 104 cm³/mol. The van der Waals surface area contributed by atoms with E-state index in [1.165, 1.54) is 0 Å². The SMILES string of the molecule is Cc1cc(OC(C)c2ccccc2)ccc1NC(=O)C1CCCN1.Cl. The topological polar surface area (TPSA) is 50.4 Å². The van der Waals surface area contributed by atoms with Crippen LogP contribution in [0.5, 0.6) is 5.75 Å². The maximum Gasteiger partial charge on any atom is 0.241 e. The quantitative estimate of drug-likeness (QED) is 0.838. The van der Waals surface area contributed by atoms with Gasteiger partial charge in [0.2, 0.25) is 5.91 Å². The first-order chi connectivity index (χ1) is 11.6. The molecule has 2 aromatic rings. The monoisotopic (exact) mass is 360 g/mol. The van der Waals surface area contributed by atoms with Gasteiger partial charge in [0.15, 0.2) is 0 Å². The Kier molecular flexibility index (Phi) is 6.85. The van der Waals surface area contributed by atoms with Gasteiger partial charge in [-0.25, -0.2) is 0 Å². The van der Waals surface area contributed by atoms with Gasteiger partial charge >= 0.3 is 0 Å². The average molecular weight is 361 g/mol. The van der Waals surface area contributed by atoms with Gasteiger partial charge in [0.05, 0.1) is 6.04 Å². The van der Waals surface area contributed by atoms with Gasteiger partial charge in [-0.2, -0.15) is 0 Å². The molecule has 0 aliphatic carbocycles. The van der Waals surface area contributed by atoms with Crippen molar-refractivity contribution in [3.63, 3.8) is 0 Å². The fourth-order valence-corrected chi connectivity index (χ4v) is 2.97. The van der Waals surface area contributed by atoms with Crippen LogP contribution >= 0.6 is 12.4 Å². The molecule has 2 N–H and O–H groups in total. The third-order valence-corrected chi connectivity index (χ3v) is 4.41. The van der Waals surface area contributed by atoms with Gasteiger partial charge in [-0.3, -0.25) is 4.79 Å². The summed E-state index contributed by atoms with van der Waals surface area (Å²) >= 11 is 0. The molecule has 1 saturated heterocycles. The predicted octanol–water partition coefficient (Wildman–Crippen LogP) is 4.25. The van der Waals surface area contributed by atoms with Crippen molar-refractivity contribution in [2.75, 3.05) is 11.9 Å². The summed E-state index contributed by atoms with van der Waals surface area (Å²) in [6.45, 7) is 4.94. The highest BCUT2D eigenvalue weighted by Gasteiger charge is 2.22. The van der Waals surface area contributed by atoms with Crippen LogP contribution in [0.15, 0.2) is 48.5 Å². The number of anilines is 1. The van der Waals surface area contributed by atoms with Crippen LogP contribution in [0.25, 0.3) is 0 Å². The summed E-state index contributed by atoms with van der Waals surface area (Å²) in [4.78, 5) is 12.2. The lowest BCUT2D eigenvalue weighted by atomic mass is 10.1. The average Bonchev–Trinajstić information content (AvgIpc) is 3.13. The lowest BCUT2D eigenvalue weighted by Crippen LogP contribution is -2.35. The fraction of sp³-hybridized carbons (Fsp3) is 0.350. The Labute approximate surface area is 155 Å². The summed E-state index contributed by atoms with van der Waals surface area (Å²) in [7, 11) is 0. The summed E-state index contributed by atoms with van der Waals surface area (Å²) in [5, 5.41) is 6.22. The number of benzene rings is 2. The van der Waals surface area contributed by atoms with Gasteiger partial charge in [0, 0.05) is 5.69 Å². The fourth-order valence-electron chi connectivity index (χ4n) is 2.97. The van der Waals surface area contributed by atoms with Crippen molar-refractivity contribution in [2.45, 2.75) is 38.8 Å². The van der Waals surface area contributed by atoms with E-state index in [0.29, 0.717) is 0 Å². The Balaban J connectivity index is 0.00000225. The van der Waals surface area contributed by atoms with Crippen molar-refractivity contribution >= 4 is 24.0 Å². The van der Waals surface area contributed by atoms with E-state index in [0.717, 1.165) is 42.0 Å². The minimum absolute atomic E-state index is 0. The molecule has 2 unspecified atom stereocenters. The number of rotatable bonds is 5. The summed E-state index contributed by atoms with van der Waals surface area (Å²) in [5.41, 5.74) is 2.98. The number of carbonyl (C=O) groups is 1. The molecule has 0 spiro atoms. The van der Waals surface area contributed by atoms with E-state index in [9.17, 15) is 4.79 Å². The molecule has 1 aliphatic heterocycles. The second kappa shape index (κ2) is 8.88. The molecule has 134 valence electrons. The van der Waals surface area contributed by atoms with Gasteiger partial charge in [-0.1, -0.05) is 30.3 Å². The zero-order valence-corrected chi connectivity index (χ0v) is 15.4. The number of carbonyl (C=O) groups excluding carboxylic acids is 1. The Bertz CT molecular complexity index is 700. The molecule has 0 radical (unpaired) electrons. The largest absolute Gasteiger partial charge is 0.486 e. The molecular weight excluding hydrogens is 336 g/mol. The van der Waals surface area contributed by atoms with E-state index in [-0.39, 0.29) is 30.5 Å². The molecule has 1 aliphatic rings. The highest BCUT2D eigenvalue weighted by Crippen LogP contribution is 2.26. The number of hydrogen-bond donors (Lipinski definition) is 2. The number of nitrogens with one attached hydrogen (secondary N) is 2. The first kappa shape index (κ1) is 19.3. The Morgan fingerprint density at radius 2 is 2.00 bits per heavy atom. The first-order valence-corrected chi connectivity index (χ1v) is 8.50. The standard InChI is InChI=1S/C20H24N2O2.ClH/c1-14-13-17(24-15(2)16-7-4-3-5-8-16)10-11-18(14)22-20(23)19-9-6-12-21-19;/h3-5,7-8,10-11,13,15,19,21H,6,9,12H2,1-2H3,(H,22,23);1H. The molecule has 0 saturated carbocycles. The van der Waals surface area contributed by atoms with Gasteiger partial charge in [-0.15, -0.1) is 12.4 Å². The van der Waals surface area contributed by atoms with Crippen LogP contribution in [-0.2, 0) is 4.79 Å². The van der Waals surface area contributed by atoms with Crippen molar-refractivity contribution in [2.24, 2.45) is 0 Å². The van der Waals surface area contributed by atoms with Crippen LogP contribution in [0.3, 0.4) is 0 Å². The second-order valence-electron chi connectivity index (χ2n) is 6.29. The third kappa shape index (κ3) is 4.97. The van der Waals surface area contributed by atoms with Crippen molar-refractivity contribution in [1.82, 2.24) is 5.32 Å². The minimum atomic E-state index is -0.0709. The molecule has 0 aromatic heterocycles. The van der Waals surface area contributed by atoms with Gasteiger partial charge < -0.3 is 15.4 Å². The van der Waals surface area contributed by atoms with Crippen LogP contribution in [0.4, 0.5) is 5.69 Å². The van der Waals surface area contributed by atoms with Crippen LogP contribution in [0.1, 0.15) is 37.0 Å². The molecule has 3 rings (SSSR count). The molecular formula is C20H25ClN2O2. The van der Waals surface area contributed by atoms with Crippen molar-refractivity contribution in [1.29, 1.82) is 0 Å². The number of halogens is 1. The van der Waals surface area contributed by atoms with Gasteiger partial charge in [0.1, 0.15) is 11.9 Å². The Morgan fingerprint density at radius 1 is 1.24 bits per heavy atom. The molecule has 1 amide bonds. The molecule has 0 bridgehead atoms. The lowest BCUT2D eigenvalue weighted by Gasteiger charge is -2.17. The molecule has 2 aromatic carbocycles. The van der Waals surface area contributed by atoms with Gasteiger partial charge in [0.25, 0.3) is 0 Å². The van der Waals surface area contributed by atoms with Crippen LogP contribution < -0.4 is 15.4 Å². The smallest absolute Gasteiger partial charge is 0.241 e. The molecule has 4 nitrogen and oxygen atoms in total. The van der Waals surface area contributed by atoms with Gasteiger partial charge in [-0.05, 0) is 62.6 Å². The van der Waals surface area contributed by atoms with E-state index in [4.69, 9.17) is 4.74 Å². The highest BCUT2D eigenvalue weighted by molar-refractivity contribution is 5.95. The number of aryl methyl sites for hydroxylation is 1. The lowest BCUT2D eigenvalue weighted by molar-refractivity contribution is -0.117. The Hall–Kier alpha value is -2.04. The summed E-state index contributed by atoms with van der Waals surface area (Å²) in [6.07, 6.45) is 1.94. The van der Waals surface area contributed by atoms with Crippen molar-refractivity contribution in [3.8, 4) is 5.75 Å². The van der Waals surface area contributed by atoms with E-state index in [1.807, 2.05) is 50.2 Å². The Morgan fingerprint density at radius 3 is 2.64 bits per heavy atom. The summed E-state index contributed by atoms with van der Waals surface area (Å²) in [6, 6.07) is 15.8.